The van der Waals surface area contributed by atoms with Crippen LogP contribution in [0.2, 0.25) is 5.02 Å². The molecule has 1 heterocycles. The van der Waals surface area contributed by atoms with E-state index in [1.165, 1.54) is 16.4 Å². The Morgan fingerprint density at radius 3 is 2.65 bits per heavy atom. The highest BCUT2D eigenvalue weighted by Gasteiger charge is 2.40. The monoisotopic (exact) mass is 393 g/mol. The van der Waals surface area contributed by atoms with Crippen molar-refractivity contribution in [1.29, 1.82) is 0 Å². The topological polar surface area (TPSA) is 63.7 Å². The van der Waals surface area contributed by atoms with Gasteiger partial charge in [0.1, 0.15) is 12.6 Å². The number of hydrogen-bond donors (Lipinski definition) is 0. The molecule has 1 saturated heterocycles. The molecule has 138 valence electrons. The summed E-state index contributed by atoms with van der Waals surface area (Å²) in [6, 6.07) is 13.1. The fourth-order valence-corrected chi connectivity index (χ4v) is 4.88. The molecule has 26 heavy (non-hydrogen) atoms. The molecule has 0 saturated carbocycles. The molecule has 0 aliphatic carbocycles. The van der Waals surface area contributed by atoms with E-state index in [1.807, 2.05) is 30.3 Å². The van der Waals surface area contributed by atoms with Crippen molar-refractivity contribution in [3.63, 3.8) is 0 Å². The average molecular weight is 394 g/mol. The molecule has 5 nitrogen and oxygen atoms in total. The molecule has 1 atom stereocenters. The van der Waals surface area contributed by atoms with Gasteiger partial charge < -0.3 is 4.74 Å². The number of esters is 1. The lowest BCUT2D eigenvalue weighted by molar-refractivity contribution is -0.148. The van der Waals surface area contributed by atoms with E-state index in [0.29, 0.717) is 24.4 Å². The second-order valence-corrected chi connectivity index (χ2v) is 8.58. The summed E-state index contributed by atoms with van der Waals surface area (Å²) in [5.41, 5.74) is 1.66. The van der Waals surface area contributed by atoms with E-state index in [4.69, 9.17) is 16.3 Å². The molecule has 2 aromatic carbocycles. The minimum Gasteiger partial charge on any atom is -0.460 e. The highest BCUT2D eigenvalue weighted by molar-refractivity contribution is 7.89. The first-order valence-corrected chi connectivity index (χ1v) is 10.2. The van der Waals surface area contributed by atoms with Crippen molar-refractivity contribution >= 4 is 27.6 Å². The Morgan fingerprint density at radius 2 is 1.96 bits per heavy atom. The predicted octanol–water partition coefficient (Wildman–Crippen LogP) is 3.54. The van der Waals surface area contributed by atoms with Crippen LogP contribution in [0, 0.1) is 6.92 Å². The number of halogens is 1. The van der Waals surface area contributed by atoms with Gasteiger partial charge >= 0.3 is 5.97 Å². The summed E-state index contributed by atoms with van der Waals surface area (Å²) in [6.45, 7) is 2.22. The Morgan fingerprint density at radius 1 is 1.23 bits per heavy atom. The smallest absolute Gasteiger partial charge is 0.324 e. The molecule has 1 aliphatic rings. The van der Waals surface area contributed by atoms with Crippen molar-refractivity contribution in [2.45, 2.75) is 37.3 Å². The van der Waals surface area contributed by atoms with Gasteiger partial charge in [0.15, 0.2) is 0 Å². The number of aryl methyl sites for hydroxylation is 1. The largest absolute Gasteiger partial charge is 0.460 e. The molecule has 0 aromatic heterocycles. The zero-order chi connectivity index (χ0) is 18.7. The highest BCUT2D eigenvalue weighted by atomic mass is 35.5. The van der Waals surface area contributed by atoms with Crippen molar-refractivity contribution in [3.8, 4) is 0 Å². The van der Waals surface area contributed by atoms with Gasteiger partial charge in [0.25, 0.3) is 0 Å². The molecule has 7 heteroatoms. The molecule has 1 fully saturated rings. The zero-order valence-electron chi connectivity index (χ0n) is 14.4. The Labute approximate surface area is 158 Å². The summed E-state index contributed by atoms with van der Waals surface area (Å²) >= 11 is 6.07. The maximum atomic E-state index is 12.9. The normalized spacial score (nSPS) is 18.0. The molecule has 0 amide bonds. The van der Waals surface area contributed by atoms with Crippen molar-refractivity contribution < 1.29 is 17.9 Å². The molecule has 0 N–H and O–H groups in total. The van der Waals surface area contributed by atoms with E-state index in [-0.39, 0.29) is 11.5 Å². The van der Waals surface area contributed by atoms with Crippen LogP contribution < -0.4 is 0 Å². The first-order chi connectivity index (χ1) is 12.4. The highest BCUT2D eigenvalue weighted by Crippen LogP contribution is 2.29. The Bertz CT molecular complexity index is 899. The van der Waals surface area contributed by atoms with Crippen molar-refractivity contribution in [2.24, 2.45) is 0 Å². The van der Waals surface area contributed by atoms with Gasteiger partial charge in [-0.15, -0.1) is 0 Å². The van der Waals surface area contributed by atoms with Crippen LogP contribution in [0.5, 0.6) is 0 Å². The summed E-state index contributed by atoms with van der Waals surface area (Å²) in [7, 11) is -3.81. The van der Waals surface area contributed by atoms with E-state index in [1.54, 1.807) is 13.0 Å². The maximum absolute atomic E-state index is 12.9. The van der Waals surface area contributed by atoms with Gasteiger partial charge in [-0.25, -0.2) is 8.42 Å². The number of carbonyl (C=O) groups excluding carboxylic acids is 1. The fourth-order valence-electron chi connectivity index (χ4n) is 2.96. The Balaban J connectivity index is 1.76. The van der Waals surface area contributed by atoms with E-state index in [9.17, 15) is 13.2 Å². The van der Waals surface area contributed by atoms with Gasteiger partial charge in [0, 0.05) is 11.6 Å². The molecule has 2 aromatic rings. The van der Waals surface area contributed by atoms with E-state index in [0.717, 1.165) is 11.1 Å². The van der Waals surface area contributed by atoms with Crippen LogP contribution in [0.25, 0.3) is 0 Å². The van der Waals surface area contributed by atoms with Gasteiger partial charge in [0.2, 0.25) is 10.0 Å². The van der Waals surface area contributed by atoms with Gasteiger partial charge in [0.05, 0.1) is 4.90 Å². The minimum absolute atomic E-state index is 0.0934. The van der Waals surface area contributed by atoms with Crippen molar-refractivity contribution in [3.05, 3.63) is 64.7 Å². The first-order valence-electron chi connectivity index (χ1n) is 8.38. The molecule has 0 bridgehead atoms. The number of ether oxygens (including phenoxy) is 1. The van der Waals surface area contributed by atoms with E-state index < -0.39 is 22.0 Å². The predicted molar refractivity (Wildman–Crippen MR) is 99.3 cm³/mol. The van der Waals surface area contributed by atoms with Crippen LogP contribution in [0.15, 0.2) is 53.4 Å². The van der Waals surface area contributed by atoms with Crippen molar-refractivity contribution in [1.82, 2.24) is 4.31 Å². The number of carbonyl (C=O) groups is 1. The number of hydrogen-bond acceptors (Lipinski definition) is 4. The van der Waals surface area contributed by atoms with Gasteiger partial charge in [-0.2, -0.15) is 4.31 Å². The third kappa shape index (κ3) is 3.92. The number of rotatable bonds is 5. The Kier molecular flexibility index (Phi) is 5.65. The lowest BCUT2D eigenvalue weighted by Gasteiger charge is -2.23. The van der Waals surface area contributed by atoms with Gasteiger partial charge in [-0.1, -0.05) is 48.0 Å². The molecule has 1 aliphatic heterocycles. The first kappa shape index (κ1) is 18.9. The van der Waals surface area contributed by atoms with Crippen LogP contribution in [-0.4, -0.2) is 31.3 Å². The second kappa shape index (κ2) is 7.78. The average Bonchev–Trinajstić information content (AvgIpc) is 3.13. The zero-order valence-corrected chi connectivity index (χ0v) is 16.0. The Hall–Kier alpha value is -1.89. The van der Waals surface area contributed by atoms with E-state index in [2.05, 4.69) is 0 Å². The van der Waals surface area contributed by atoms with Gasteiger partial charge in [-0.05, 0) is 43.0 Å². The second-order valence-electron chi connectivity index (χ2n) is 6.28. The van der Waals surface area contributed by atoms with Crippen LogP contribution in [0.4, 0.5) is 0 Å². The third-order valence-corrected chi connectivity index (χ3v) is 6.76. The van der Waals surface area contributed by atoms with Gasteiger partial charge in [-0.3, -0.25) is 4.79 Å². The summed E-state index contributed by atoms with van der Waals surface area (Å²) in [4.78, 5) is 12.6. The summed E-state index contributed by atoms with van der Waals surface area (Å²) in [6.07, 6.45) is 1.07. The van der Waals surface area contributed by atoms with Crippen LogP contribution >= 0.6 is 11.6 Å². The number of benzene rings is 2. The standard InChI is InChI=1S/C19H20ClNO4S/c1-14-9-10-16(12-17(14)20)26(23,24)21-11-5-8-18(21)19(22)25-13-15-6-3-2-4-7-15/h2-4,6-7,9-10,12,18H,5,8,11,13H2,1H3. The maximum Gasteiger partial charge on any atom is 0.324 e. The van der Waals surface area contributed by atoms with E-state index >= 15 is 0 Å². The SMILES string of the molecule is Cc1ccc(S(=O)(=O)N2CCCC2C(=O)OCc2ccccc2)cc1Cl. The molecular formula is C19H20ClNO4S. The molecule has 3 rings (SSSR count). The number of nitrogens with zero attached hydrogens (tertiary/aromatic N) is 1. The third-order valence-electron chi connectivity index (χ3n) is 4.45. The van der Waals surface area contributed by atoms with Crippen LogP contribution in [-0.2, 0) is 26.2 Å². The van der Waals surface area contributed by atoms with Crippen LogP contribution in [0.1, 0.15) is 24.0 Å². The van der Waals surface area contributed by atoms with Crippen molar-refractivity contribution in [2.75, 3.05) is 6.54 Å². The summed E-state index contributed by atoms with van der Waals surface area (Å²) < 4.78 is 32.5. The minimum atomic E-state index is -3.81. The quantitative estimate of drug-likeness (QED) is 0.729. The lowest BCUT2D eigenvalue weighted by Crippen LogP contribution is -2.41. The lowest BCUT2D eigenvalue weighted by atomic mass is 10.2. The molecule has 0 radical (unpaired) electrons. The number of sulfonamides is 1. The molecule has 1 unspecified atom stereocenters. The fraction of sp³-hybridized carbons (Fsp3) is 0.316. The van der Waals surface area contributed by atoms with Crippen LogP contribution in [0.3, 0.4) is 0 Å². The molecule has 0 spiro atoms. The summed E-state index contributed by atoms with van der Waals surface area (Å²) in [5.74, 6) is -0.520. The summed E-state index contributed by atoms with van der Waals surface area (Å²) in [5, 5.41) is 0.383. The molecular weight excluding hydrogens is 374 g/mol.